The average molecular weight is 277 g/mol. The number of ether oxygens (including phenoxy) is 2. The summed E-state index contributed by atoms with van der Waals surface area (Å²) in [6.07, 6.45) is -4.61. The zero-order valence-corrected chi connectivity index (χ0v) is 9.53. The summed E-state index contributed by atoms with van der Waals surface area (Å²) in [5, 5.41) is 8.82. The molecule has 0 saturated heterocycles. The van der Waals surface area contributed by atoms with Crippen LogP contribution in [0.1, 0.15) is 17.2 Å². The highest BCUT2D eigenvalue weighted by Crippen LogP contribution is 2.45. The van der Waals surface area contributed by atoms with Gasteiger partial charge in [-0.1, -0.05) is 6.07 Å². The normalized spacial score (nSPS) is 16.0. The van der Waals surface area contributed by atoms with E-state index in [0.717, 1.165) is 12.1 Å². The van der Waals surface area contributed by atoms with Gasteiger partial charge in [-0.25, -0.2) is 0 Å². The number of hydrogen-bond acceptors (Lipinski definition) is 4. The van der Waals surface area contributed by atoms with Crippen LogP contribution in [0.25, 0.3) is 0 Å². The number of carbonyl (C=O) groups is 1. The fraction of sp³-hybridized carbons (Fsp3) is 0.364. The summed E-state index contributed by atoms with van der Waals surface area (Å²) in [5.74, 6) is -2.12. The third kappa shape index (κ3) is 2.43. The van der Waals surface area contributed by atoms with Crippen LogP contribution in [0.2, 0.25) is 0 Å². The van der Waals surface area contributed by atoms with Gasteiger partial charge in [0.25, 0.3) is 0 Å². The number of halogens is 3. The Bertz CT molecular complexity index is 515. The minimum Gasteiger partial charge on any atom is -0.486 e. The number of hydrogen-bond donors (Lipinski definition) is 2. The van der Waals surface area contributed by atoms with Gasteiger partial charge < -0.3 is 20.3 Å². The summed E-state index contributed by atoms with van der Waals surface area (Å²) in [4.78, 5) is 10.8. The number of aliphatic carboxylic acids is 1. The number of nitrogens with two attached hydrogens (primary N) is 1. The third-order valence-corrected chi connectivity index (χ3v) is 2.63. The SMILES string of the molecule is NC(C(=O)O)c1ccc(C(F)(F)F)c2c1OCCO2. The van der Waals surface area contributed by atoms with Gasteiger partial charge in [-0.15, -0.1) is 0 Å². The van der Waals surface area contributed by atoms with E-state index in [9.17, 15) is 18.0 Å². The standard InChI is InChI=1S/C11H10F3NO4/c12-11(13,14)6-2-1-5(7(15)10(16)17)8-9(6)19-4-3-18-8/h1-2,7H,3-4,15H2,(H,16,17). The Labute approximate surface area is 105 Å². The molecule has 1 aliphatic rings. The second kappa shape index (κ2) is 4.61. The summed E-state index contributed by atoms with van der Waals surface area (Å²) in [6, 6.07) is 0.263. The van der Waals surface area contributed by atoms with E-state index in [1.165, 1.54) is 0 Å². The molecule has 0 saturated carbocycles. The highest BCUT2D eigenvalue weighted by Gasteiger charge is 2.38. The Balaban J connectivity index is 2.58. The minimum absolute atomic E-state index is 0.0354. The van der Waals surface area contributed by atoms with Gasteiger partial charge in [0.2, 0.25) is 0 Å². The lowest BCUT2D eigenvalue weighted by Crippen LogP contribution is -2.25. The number of fused-ring (bicyclic) bond motifs is 1. The monoisotopic (exact) mass is 277 g/mol. The Morgan fingerprint density at radius 2 is 1.84 bits per heavy atom. The minimum atomic E-state index is -4.61. The Morgan fingerprint density at radius 1 is 1.26 bits per heavy atom. The molecule has 2 rings (SSSR count). The molecule has 0 fully saturated rings. The average Bonchev–Trinajstić information content (AvgIpc) is 2.35. The molecule has 19 heavy (non-hydrogen) atoms. The van der Waals surface area contributed by atoms with Crippen LogP contribution in [0.4, 0.5) is 13.2 Å². The molecule has 1 atom stereocenters. The van der Waals surface area contributed by atoms with E-state index in [0.29, 0.717) is 0 Å². The third-order valence-electron chi connectivity index (χ3n) is 2.63. The van der Waals surface area contributed by atoms with Crippen molar-refractivity contribution in [3.05, 3.63) is 23.3 Å². The molecule has 1 aliphatic heterocycles. The smallest absolute Gasteiger partial charge is 0.420 e. The lowest BCUT2D eigenvalue weighted by atomic mass is 10.0. The van der Waals surface area contributed by atoms with Crippen molar-refractivity contribution in [3.63, 3.8) is 0 Å². The first-order valence-electron chi connectivity index (χ1n) is 5.30. The Hall–Kier alpha value is -1.96. The predicted molar refractivity (Wildman–Crippen MR) is 57.0 cm³/mol. The summed E-state index contributed by atoms with van der Waals surface area (Å²) >= 11 is 0. The van der Waals surface area contributed by atoms with Gasteiger partial charge in [0, 0.05) is 5.56 Å². The van der Waals surface area contributed by atoms with E-state index in [4.69, 9.17) is 20.3 Å². The molecule has 3 N–H and O–H groups in total. The second-order valence-electron chi connectivity index (χ2n) is 3.87. The van der Waals surface area contributed by atoms with Crippen LogP contribution in [0.5, 0.6) is 11.5 Å². The molecule has 8 heteroatoms. The van der Waals surface area contributed by atoms with Crippen molar-refractivity contribution in [3.8, 4) is 11.5 Å². The van der Waals surface area contributed by atoms with Gasteiger partial charge in [0.1, 0.15) is 24.8 Å². The van der Waals surface area contributed by atoms with Crippen LogP contribution in [0.3, 0.4) is 0 Å². The van der Waals surface area contributed by atoms with Crippen LogP contribution in [0.15, 0.2) is 12.1 Å². The zero-order valence-electron chi connectivity index (χ0n) is 9.53. The lowest BCUT2D eigenvalue weighted by Gasteiger charge is -2.25. The molecular formula is C11H10F3NO4. The summed E-state index contributed by atoms with van der Waals surface area (Å²) in [5.41, 5.74) is 4.35. The molecule has 0 amide bonds. The molecule has 5 nitrogen and oxygen atoms in total. The van der Waals surface area contributed by atoms with Gasteiger partial charge in [-0.05, 0) is 6.07 Å². The van der Waals surface area contributed by atoms with E-state index in [-0.39, 0.29) is 24.5 Å². The van der Waals surface area contributed by atoms with E-state index in [2.05, 4.69) is 0 Å². The van der Waals surface area contributed by atoms with Gasteiger partial charge in [-0.2, -0.15) is 13.2 Å². The number of benzene rings is 1. The van der Waals surface area contributed by atoms with Crippen molar-refractivity contribution in [1.29, 1.82) is 0 Å². The molecule has 0 spiro atoms. The molecule has 1 aromatic carbocycles. The quantitative estimate of drug-likeness (QED) is 0.857. The molecular weight excluding hydrogens is 267 g/mol. The molecule has 0 radical (unpaired) electrons. The topological polar surface area (TPSA) is 81.8 Å². The number of carboxylic acids is 1. The second-order valence-corrected chi connectivity index (χ2v) is 3.87. The molecule has 1 heterocycles. The van der Waals surface area contributed by atoms with Crippen molar-refractivity contribution >= 4 is 5.97 Å². The van der Waals surface area contributed by atoms with Crippen molar-refractivity contribution in [2.24, 2.45) is 5.73 Å². The Morgan fingerprint density at radius 3 is 2.37 bits per heavy atom. The fourth-order valence-electron chi connectivity index (χ4n) is 1.76. The number of rotatable bonds is 2. The number of alkyl halides is 3. The zero-order chi connectivity index (χ0) is 14.2. The van der Waals surface area contributed by atoms with Crippen molar-refractivity contribution in [1.82, 2.24) is 0 Å². The van der Waals surface area contributed by atoms with Crippen LogP contribution in [0, 0.1) is 0 Å². The van der Waals surface area contributed by atoms with E-state index >= 15 is 0 Å². The van der Waals surface area contributed by atoms with Gasteiger partial charge >= 0.3 is 12.1 Å². The van der Waals surface area contributed by atoms with Crippen LogP contribution >= 0.6 is 0 Å². The molecule has 1 aromatic rings. The molecule has 104 valence electrons. The van der Waals surface area contributed by atoms with Crippen molar-refractivity contribution < 1.29 is 32.5 Å². The largest absolute Gasteiger partial charge is 0.486 e. The predicted octanol–water partition coefficient (Wildman–Crippen LogP) is 1.56. The summed E-state index contributed by atoms with van der Waals surface area (Å²) in [7, 11) is 0. The Kier molecular flexibility index (Phi) is 3.27. The van der Waals surface area contributed by atoms with Crippen LogP contribution < -0.4 is 15.2 Å². The first-order chi connectivity index (χ1) is 8.82. The fourth-order valence-corrected chi connectivity index (χ4v) is 1.76. The first kappa shape index (κ1) is 13.5. The highest BCUT2D eigenvalue weighted by molar-refractivity contribution is 5.77. The number of carboxylic acid groups (broad SMARTS) is 1. The van der Waals surface area contributed by atoms with Gasteiger partial charge in [0.05, 0.1) is 0 Å². The lowest BCUT2D eigenvalue weighted by molar-refractivity contribution is -0.139. The highest BCUT2D eigenvalue weighted by atomic mass is 19.4. The maximum absolute atomic E-state index is 12.8. The molecule has 0 aromatic heterocycles. The molecule has 0 aliphatic carbocycles. The van der Waals surface area contributed by atoms with Crippen molar-refractivity contribution in [2.45, 2.75) is 12.2 Å². The van der Waals surface area contributed by atoms with Gasteiger partial charge in [0.15, 0.2) is 11.5 Å². The van der Waals surface area contributed by atoms with Crippen LogP contribution in [-0.2, 0) is 11.0 Å². The van der Waals surface area contributed by atoms with Crippen molar-refractivity contribution in [2.75, 3.05) is 13.2 Å². The van der Waals surface area contributed by atoms with Crippen LogP contribution in [-0.4, -0.2) is 24.3 Å². The molecule has 0 bridgehead atoms. The summed E-state index contributed by atoms with van der Waals surface area (Å²) in [6.45, 7) is -0.00447. The van der Waals surface area contributed by atoms with E-state index in [1.54, 1.807) is 0 Å². The van der Waals surface area contributed by atoms with Gasteiger partial charge in [-0.3, -0.25) is 4.79 Å². The maximum atomic E-state index is 12.8. The van der Waals surface area contributed by atoms with E-state index in [1.807, 2.05) is 0 Å². The van der Waals surface area contributed by atoms with E-state index < -0.39 is 29.5 Å². The molecule has 1 unspecified atom stereocenters. The maximum Gasteiger partial charge on any atom is 0.420 e. The first-order valence-corrected chi connectivity index (χ1v) is 5.30. The summed E-state index contributed by atoms with van der Waals surface area (Å²) < 4.78 is 48.4.